The number of aromatic nitrogens is 5. The fourth-order valence-electron chi connectivity index (χ4n) is 7.41. The van der Waals surface area contributed by atoms with E-state index < -0.39 is 29.7 Å². The maximum atomic E-state index is 13.2. The number of nitrogens with zero attached hydrogens (tertiary/aromatic N) is 7. The number of amides is 5. The largest absolute Gasteiger partial charge is 0.494 e. The molecular formula is C38H35N9O6. The Kier molecular flexibility index (Phi) is 8.67. The van der Waals surface area contributed by atoms with Crippen molar-refractivity contribution < 1.29 is 28.7 Å². The minimum absolute atomic E-state index is 0.0692. The van der Waals surface area contributed by atoms with Crippen LogP contribution in [0.15, 0.2) is 61.2 Å². The first-order chi connectivity index (χ1) is 25.7. The lowest BCUT2D eigenvalue weighted by Crippen LogP contribution is -2.54. The number of carbonyl (C=O) groups is 5. The molecule has 1 aliphatic carbocycles. The van der Waals surface area contributed by atoms with Crippen molar-refractivity contribution in [2.24, 2.45) is 0 Å². The molecule has 1 saturated carbocycles. The number of methoxy groups -OCH3 is 1. The number of ether oxygens (including phenoxy) is 1. The van der Waals surface area contributed by atoms with Crippen molar-refractivity contribution in [1.82, 2.24) is 39.5 Å². The Morgan fingerprint density at radius 2 is 1.87 bits per heavy atom. The van der Waals surface area contributed by atoms with Gasteiger partial charge in [-0.15, -0.1) is 0 Å². The van der Waals surface area contributed by atoms with Crippen molar-refractivity contribution in [1.29, 1.82) is 0 Å². The zero-order valence-corrected chi connectivity index (χ0v) is 29.0. The number of rotatable bonds is 7. The first-order valence-electron chi connectivity index (χ1n) is 17.4. The molecule has 1 saturated heterocycles. The Labute approximate surface area is 303 Å². The Morgan fingerprint density at radius 3 is 2.66 bits per heavy atom. The maximum absolute atomic E-state index is 13.2. The lowest BCUT2D eigenvalue weighted by molar-refractivity contribution is -0.136. The second kappa shape index (κ2) is 13.6. The van der Waals surface area contributed by atoms with Gasteiger partial charge in [0.2, 0.25) is 11.8 Å². The standard InChI is InChI=1S/C38H35N9O6/c1-44(15-3-5-22-6-11-26-27(17-22)38(52)47(37(26)51)31-12-13-33(48)42-36(31)50)24-7-9-25(10-8-24)46-21-23-18-30(32(53-2)19-29(23)43-46)41-35(49)28-20-40-45-16-4-14-39-34(28)45/h4,6,11,14,16-21,24-25,31H,7-10,12-13,15H2,1-2H3,(H,41,49)(H,42,48,50). The number of benzene rings is 2. The molecule has 53 heavy (non-hydrogen) atoms. The third-order valence-corrected chi connectivity index (χ3v) is 10.3. The van der Waals surface area contributed by atoms with Gasteiger partial charge in [-0.05, 0) is 69.5 Å². The van der Waals surface area contributed by atoms with E-state index in [1.165, 1.54) is 6.20 Å². The molecule has 1 unspecified atom stereocenters. The Hall–Kier alpha value is -6.40. The lowest BCUT2D eigenvalue weighted by atomic mass is 9.90. The van der Waals surface area contributed by atoms with Crippen LogP contribution in [-0.2, 0) is 9.59 Å². The summed E-state index contributed by atoms with van der Waals surface area (Å²) in [5.41, 5.74) is 3.16. The highest BCUT2D eigenvalue weighted by atomic mass is 16.5. The number of piperidine rings is 1. The van der Waals surface area contributed by atoms with Gasteiger partial charge < -0.3 is 10.1 Å². The third-order valence-electron chi connectivity index (χ3n) is 10.3. The van der Waals surface area contributed by atoms with Gasteiger partial charge in [-0.1, -0.05) is 11.8 Å². The number of anilines is 1. The van der Waals surface area contributed by atoms with Crippen LogP contribution in [0.4, 0.5) is 5.69 Å². The summed E-state index contributed by atoms with van der Waals surface area (Å²) in [7, 11) is 3.61. The van der Waals surface area contributed by atoms with E-state index in [9.17, 15) is 24.0 Å². The summed E-state index contributed by atoms with van der Waals surface area (Å²) in [6.45, 7) is 0.521. The van der Waals surface area contributed by atoms with Gasteiger partial charge in [0.1, 0.15) is 17.4 Å². The van der Waals surface area contributed by atoms with Gasteiger partial charge in [0.25, 0.3) is 17.7 Å². The molecular weight excluding hydrogens is 678 g/mol. The molecule has 2 aliphatic heterocycles. The van der Waals surface area contributed by atoms with Gasteiger partial charge in [0.15, 0.2) is 5.65 Å². The molecule has 5 amide bonds. The zero-order valence-electron chi connectivity index (χ0n) is 29.0. The SMILES string of the molecule is COc1cc2nn(C3CCC(N(C)CC#Cc4ccc5c(c4)C(=O)N(C4CCC(=O)NC4=O)C5=O)CC3)cc2cc1NC(=O)c1cnn2cccnc12. The van der Waals surface area contributed by atoms with Crippen LogP contribution in [0.2, 0.25) is 0 Å². The van der Waals surface area contributed by atoms with Crippen molar-refractivity contribution in [3.8, 4) is 17.6 Å². The minimum Gasteiger partial charge on any atom is -0.494 e. The zero-order chi connectivity index (χ0) is 36.8. The molecule has 268 valence electrons. The summed E-state index contributed by atoms with van der Waals surface area (Å²) < 4.78 is 9.17. The van der Waals surface area contributed by atoms with E-state index in [4.69, 9.17) is 9.84 Å². The molecule has 5 aromatic rings. The molecule has 0 spiro atoms. The molecule has 5 heterocycles. The fourth-order valence-corrected chi connectivity index (χ4v) is 7.41. The van der Waals surface area contributed by atoms with Crippen LogP contribution in [0.1, 0.15) is 81.2 Å². The second-order valence-electron chi connectivity index (χ2n) is 13.5. The van der Waals surface area contributed by atoms with Crippen molar-refractivity contribution in [3.63, 3.8) is 0 Å². The Balaban J connectivity index is 0.881. The number of hydrogen-bond acceptors (Lipinski definition) is 10. The minimum atomic E-state index is -1.00. The van der Waals surface area contributed by atoms with Crippen LogP contribution in [0.5, 0.6) is 5.75 Å². The van der Waals surface area contributed by atoms with Crippen molar-refractivity contribution in [3.05, 3.63) is 83.4 Å². The van der Waals surface area contributed by atoms with Crippen molar-refractivity contribution >= 4 is 51.8 Å². The monoisotopic (exact) mass is 713 g/mol. The molecule has 15 nitrogen and oxygen atoms in total. The maximum Gasteiger partial charge on any atom is 0.262 e. The van der Waals surface area contributed by atoms with Gasteiger partial charge in [-0.2, -0.15) is 10.2 Å². The third kappa shape index (κ3) is 6.27. The topological polar surface area (TPSA) is 173 Å². The van der Waals surface area contributed by atoms with Crippen LogP contribution < -0.4 is 15.4 Å². The summed E-state index contributed by atoms with van der Waals surface area (Å²) in [4.78, 5) is 70.7. The summed E-state index contributed by atoms with van der Waals surface area (Å²) >= 11 is 0. The van der Waals surface area contributed by atoms with Crippen molar-refractivity contribution in [2.75, 3.05) is 26.0 Å². The molecule has 0 radical (unpaired) electrons. The number of carbonyl (C=O) groups excluding carboxylic acids is 5. The van der Waals surface area contributed by atoms with Crippen LogP contribution in [0.25, 0.3) is 16.6 Å². The molecule has 3 aromatic heterocycles. The number of fused-ring (bicyclic) bond motifs is 3. The highest BCUT2D eigenvalue weighted by Crippen LogP contribution is 2.35. The van der Waals surface area contributed by atoms with E-state index >= 15 is 0 Å². The Morgan fingerprint density at radius 1 is 1.06 bits per heavy atom. The van der Waals surface area contributed by atoms with Crippen LogP contribution >= 0.6 is 0 Å². The smallest absolute Gasteiger partial charge is 0.262 e. The normalized spacial score (nSPS) is 20.1. The molecule has 15 heteroatoms. The van der Waals surface area contributed by atoms with Gasteiger partial charge in [0.05, 0.1) is 48.2 Å². The summed E-state index contributed by atoms with van der Waals surface area (Å²) in [5.74, 6) is 4.36. The summed E-state index contributed by atoms with van der Waals surface area (Å²) in [6.07, 6.45) is 10.8. The average Bonchev–Trinajstić information content (AvgIpc) is 3.85. The molecule has 2 N–H and O–H groups in total. The lowest BCUT2D eigenvalue weighted by Gasteiger charge is -2.33. The second-order valence-corrected chi connectivity index (χ2v) is 13.5. The van der Waals surface area contributed by atoms with Gasteiger partial charge >= 0.3 is 0 Å². The molecule has 8 rings (SSSR count). The average molecular weight is 714 g/mol. The first kappa shape index (κ1) is 33.7. The molecule has 2 aromatic carbocycles. The van der Waals surface area contributed by atoms with E-state index in [0.29, 0.717) is 40.8 Å². The van der Waals surface area contributed by atoms with E-state index in [-0.39, 0.29) is 35.9 Å². The van der Waals surface area contributed by atoms with Crippen LogP contribution in [0.3, 0.4) is 0 Å². The fraction of sp³-hybridized carbons (Fsp3) is 0.316. The summed E-state index contributed by atoms with van der Waals surface area (Å²) in [6, 6.07) is 9.87. The highest BCUT2D eigenvalue weighted by molar-refractivity contribution is 6.23. The molecule has 3 aliphatic rings. The first-order valence-corrected chi connectivity index (χ1v) is 17.4. The quantitative estimate of drug-likeness (QED) is 0.188. The van der Waals surface area contributed by atoms with Crippen LogP contribution in [0, 0.1) is 11.8 Å². The number of imide groups is 2. The molecule has 0 bridgehead atoms. The van der Waals surface area contributed by atoms with Gasteiger partial charge in [-0.25, -0.2) is 9.50 Å². The number of hydrogen-bond donors (Lipinski definition) is 2. The molecule has 2 fully saturated rings. The van der Waals surface area contributed by atoms with Crippen LogP contribution in [-0.4, -0.2) is 96.5 Å². The predicted octanol–water partition coefficient (Wildman–Crippen LogP) is 3.21. The highest BCUT2D eigenvalue weighted by Gasteiger charge is 2.44. The van der Waals surface area contributed by atoms with Crippen molar-refractivity contribution in [2.45, 2.75) is 56.7 Å². The van der Waals surface area contributed by atoms with E-state index in [1.54, 1.807) is 48.3 Å². The predicted molar refractivity (Wildman–Crippen MR) is 191 cm³/mol. The van der Waals surface area contributed by atoms with E-state index in [0.717, 1.165) is 41.5 Å². The van der Waals surface area contributed by atoms with Gasteiger partial charge in [0, 0.05) is 48.1 Å². The molecule has 1 atom stereocenters. The van der Waals surface area contributed by atoms with E-state index in [1.807, 2.05) is 23.0 Å². The van der Waals surface area contributed by atoms with E-state index in [2.05, 4.69) is 44.5 Å². The van der Waals surface area contributed by atoms with Gasteiger partial charge in [-0.3, -0.25) is 43.8 Å². The number of nitrogens with one attached hydrogen (secondary N) is 2. The Bertz CT molecular complexity index is 2400. The summed E-state index contributed by atoms with van der Waals surface area (Å²) in [5, 5.41) is 15.1.